The van der Waals surface area contributed by atoms with Crippen LogP contribution in [0.15, 0.2) is 59.5 Å². The fourth-order valence-corrected chi connectivity index (χ4v) is 3.63. The van der Waals surface area contributed by atoms with E-state index in [2.05, 4.69) is 15.6 Å². The van der Waals surface area contributed by atoms with Crippen LogP contribution in [-0.2, 0) is 0 Å². The van der Waals surface area contributed by atoms with Gasteiger partial charge in [-0.3, -0.25) is 9.59 Å². The zero-order valence-electron chi connectivity index (χ0n) is 15.1. The Labute approximate surface area is 157 Å². The van der Waals surface area contributed by atoms with Crippen LogP contribution >= 0.6 is 0 Å². The van der Waals surface area contributed by atoms with Gasteiger partial charge in [0.2, 0.25) is 0 Å². The molecule has 1 amide bonds. The molecule has 2 aromatic carbocycles. The third-order valence-corrected chi connectivity index (χ3v) is 5.24. The van der Waals surface area contributed by atoms with Crippen LogP contribution in [0.1, 0.15) is 23.2 Å². The lowest BCUT2D eigenvalue weighted by Gasteiger charge is -2.22. The number of hydrogen-bond acceptors (Lipinski definition) is 3. The highest BCUT2D eigenvalue weighted by Crippen LogP contribution is 2.23. The fourth-order valence-electron chi connectivity index (χ4n) is 3.63. The van der Waals surface area contributed by atoms with Crippen LogP contribution in [0.25, 0.3) is 21.9 Å². The predicted molar refractivity (Wildman–Crippen MR) is 108 cm³/mol. The van der Waals surface area contributed by atoms with Crippen LogP contribution in [-0.4, -0.2) is 30.5 Å². The van der Waals surface area contributed by atoms with Crippen molar-refractivity contribution in [2.75, 3.05) is 19.6 Å². The molecule has 3 aromatic rings. The number of rotatable bonds is 4. The summed E-state index contributed by atoms with van der Waals surface area (Å²) in [6, 6.07) is 15.2. The SMILES string of the molecule is O=C(NCC1CCNCC1)c1cccc(-c2ccc3cc[nH]c(=O)c3c2)c1. The number of amides is 1. The van der Waals surface area contributed by atoms with Gasteiger partial charge >= 0.3 is 0 Å². The molecular weight excluding hydrogens is 338 g/mol. The van der Waals surface area contributed by atoms with E-state index in [9.17, 15) is 9.59 Å². The molecule has 27 heavy (non-hydrogen) atoms. The number of benzene rings is 2. The van der Waals surface area contributed by atoms with Crippen LogP contribution in [0.2, 0.25) is 0 Å². The molecule has 0 aliphatic carbocycles. The third kappa shape index (κ3) is 3.93. The number of H-pyrrole nitrogens is 1. The second kappa shape index (κ2) is 7.76. The maximum absolute atomic E-state index is 12.6. The summed E-state index contributed by atoms with van der Waals surface area (Å²) in [5.74, 6) is 0.500. The molecule has 0 atom stereocenters. The van der Waals surface area contributed by atoms with Gasteiger partial charge < -0.3 is 15.6 Å². The molecule has 3 N–H and O–H groups in total. The molecule has 1 fully saturated rings. The molecule has 138 valence electrons. The quantitative estimate of drug-likeness (QED) is 0.669. The predicted octanol–water partition coefficient (Wildman–Crippen LogP) is 2.92. The summed E-state index contributed by atoms with van der Waals surface area (Å²) >= 11 is 0. The number of nitrogens with one attached hydrogen (secondary N) is 3. The Morgan fingerprint density at radius 2 is 1.85 bits per heavy atom. The van der Waals surface area contributed by atoms with E-state index < -0.39 is 0 Å². The lowest BCUT2D eigenvalue weighted by Crippen LogP contribution is -2.35. The average molecular weight is 361 g/mol. The summed E-state index contributed by atoms with van der Waals surface area (Å²) in [6.45, 7) is 2.77. The van der Waals surface area contributed by atoms with Crippen LogP contribution in [0, 0.1) is 5.92 Å². The summed E-state index contributed by atoms with van der Waals surface area (Å²) in [6.07, 6.45) is 3.86. The zero-order valence-corrected chi connectivity index (χ0v) is 15.1. The molecule has 4 rings (SSSR count). The second-order valence-corrected chi connectivity index (χ2v) is 7.09. The van der Waals surface area contributed by atoms with E-state index in [0.717, 1.165) is 49.0 Å². The first kappa shape index (κ1) is 17.5. The molecule has 1 aliphatic heterocycles. The van der Waals surface area contributed by atoms with Gasteiger partial charge in [-0.2, -0.15) is 0 Å². The minimum Gasteiger partial charge on any atom is -0.352 e. The standard InChI is InChI=1S/C22H23N3O2/c26-21(25-14-15-6-9-23-10-7-15)19-3-1-2-17(12-19)18-5-4-16-8-11-24-22(27)20(16)13-18/h1-5,8,11-13,15,23H,6-7,9-10,14H2,(H,24,27)(H,25,26). The average Bonchev–Trinajstić information content (AvgIpc) is 2.73. The largest absolute Gasteiger partial charge is 0.352 e. The summed E-state index contributed by atoms with van der Waals surface area (Å²) in [5.41, 5.74) is 2.38. The van der Waals surface area contributed by atoms with Crippen molar-refractivity contribution in [3.63, 3.8) is 0 Å². The Balaban J connectivity index is 1.54. The maximum atomic E-state index is 12.6. The molecule has 5 nitrogen and oxygen atoms in total. The Bertz CT molecular complexity index is 1020. The van der Waals surface area contributed by atoms with Crippen LogP contribution in [0.4, 0.5) is 0 Å². The van der Waals surface area contributed by atoms with E-state index in [1.807, 2.05) is 48.5 Å². The van der Waals surface area contributed by atoms with Crippen molar-refractivity contribution in [2.45, 2.75) is 12.8 Å². The highest BCUT2D eigenvalue weighted by molar-refractivity contribution is 5.96. The van der Waals surface area contributed by atoms with Gasteiger partial charge in [-0.15, -0.1) is 0 Å². The highest BCUT2D eigenvalue weighted by Gasteiger charge is 2.15. The monoisotopic (exact) mass is 361 g/mol. The molecule has 2 heterocycles. The zero-order chi connectivity index (χ0) is 18.6. The van der Waals surface area contributed by atoms with E-state index in [-0.39, 0.29) is 11.5 Å². The van der Waals surface area contributed by atoms with Gasteiger partial charge in [0.15, 0.2) is 0 Å². The summed E-state index contributed by atoms with van der Waals surface area (Å²) in [7, 11) is 0. The molecular formula is C22H23N3O2. The normalized spacial score (nSPS) is 15.0. The van der Waals surface area contributed by atoms with Crippen molar-refractivity contribution >= 4 is 16.7 Å². The number of piperidine rings is 1. The minimum absolute atomic E-state index is 0.0472. The van der Waals surface area contributed by atoms with Crippen LogP contribution < -0.4 is 16.2 Å². The van der Waals surface area contributed by atoms with Gasteiger partial charge in [0.1, 0.15) is 0 Å². The van der Waals surface area contributed by atoms with Crippen molar-refractivity contribution < 1.29 is 4.79 Å². The number of carbonyl (C=O) groups is 1. The fraction of sp³-hybridized carbons (Fsp3) is 0.273. The second-order valence-electron chi connectivity index (χ2n) is 7.09. The summed E-state index contributed by atoms with van der Waals surface area (Å²) in [5, 5.41) is 7.95. The smallest absolute Gasteiger partial charge is 0.255 e. The molecule has 5 heteroatoms. The molecule has 1 aliphatic rings. The minimum atomic E-state index is -0.106. The molecule has 0 saturated carbocycles. The van der Waals surface area contributed by atoms with Gasteiger partial charge in [-0.05, 0) is 72.6 Å². The van der Waals surface area contributed by atoms with E-state index in [0.29, 0.717) is 16.9 Å². The summed E-state index contributed by atoms with van der Waals surface area (Å²) < 4.78 is 0. The number of aromatic nitrogens is 1. The van der Waals surface area contributed by atoms with Crippen molar-refractivity contribution in [1.29, 1.82) is 0 Å². The Morgan fingerprint density at radius 3 is 2.70 bits per heavy atom. The van der Waals surface area contributed by atoms with Gasteiger partial charge in [-0.25, -0.2) is 0 Å². The van der Waals surface area contributed by atoms with E-state index in [1.54, 1.807) is 6.20 Å². The Morgan fingerprint density at radius 1 is 1.04 bits per heavy atom. The molecule has 1 aromatic heterocycles. The van der Waals surface area contributed by atoms with Crippen molar-refractivity contribution in [1.82, 2.24) is 15.6 Å². The lowest BCUT2D eigenvalue weighted by molar-refractivity contribution is 0.0944. The van der Waals surface area contributed by atoms with Crippen molar-refractivity contribution in [2.24, 2.45) is 5.92 Å². The number of hydrogen-bond donors (Lipinski definition) is 3. The van der Waals surface area contributed by atoms with E-state index >= 15 is 0 Å². The van der Waals surface area contributed by atoms with Crippen molar-refractivity contribution in [3.8, 4) is 11.1 Å². The van der Waals surface area contributed by atoms with Gasteiger partial charge in [0.05, 0.1) is 0 Å². The first-order valence-electron chi connectivity index (χ1n) is 9.41. The van der Waals surface area contributed by atoms with E-state index in [4.69, 9.17) is 0 Å². The number of aromatic amines is 1. The Kier molecular flexibility index (Phi) is 5.03. The highest BCUT2D eigenvalue weighted by atomic mass is 16.1. The van der Waals surface area contributed by atoms with Crippen LogP contribution in [0.5, 0.6) is 0 Å². The number of fused-ring (bicyclic) bond motifs is 1. The number of pyridine rings is 1. The lowest BCUT2D eigenvalue weighted by atomic mass is 9.97. The number of carbonyl (C=O) groups excluding carboxylic acids is 1. The van der Waals surface area contributed by atoms with Crippen molar-refractivity contribution in [3.05, 3.63) is 70.6 Å². The van der Waals surface area contributed by atoms with Gasteiger partial charge in [0.25, 0.3) is 11.5 Å². The maximum Gasteiger partial charge on any atom is 0.255 e. The van der Waals surface area contributed by atoms with Gasteiger partial charge in [0, 0.05) is 23.7 Å². The van der Waals surface area contributed by atoms with E-state index in [1.165, 1.54) is 0 Å². The van der Waals surface area contributed by atoms with Gasteiger partial charge in [-0.1, -0.05) is 24.3 Å². The molecule has 0 spiro atoms. The molecule has 0 bridgehead atoms. The molecule has 1 saturated heterocycles. The first-order valence-corrected chi connectivity index (χ1v) is 9.41. The van der Waals surface area contributed by atoms with Crippen LogP contribution in [0.3, 0.4) is 0 Å². The third-order valence-electron chi connectivity index (χ3n) is 5.24. The first-order chi connectivity index (χ1) is 13.2. The molecule has 0 radical (unpaired) electrons. The topological polar surface area (TPSA) is 74.0 Å². The molecule has 0 unspecified atom stereocenters. The summed E-state index contributed by atoms with van der Waals surface area (Å²) in [4.78, 5) is 27.3. The Hall–Kier alpha value is -2.92.